The minimum atomic E-state index is -1.51. The number of rotatable bonds is 4. The molecule has 1 spiro atoms. The molecule has 0 amide bonds. The van der Waals surface area contributed by atoms with E-state index in [-0.39, 0.29) is 66.2 Å². The van der Waals surface area contributed by atoms with Gasteiger partial charge < -0.3 is 39.6 Å². The number of azide groups is 1. The fraction of sp³-hybridized carbons (Fsp3) is 0.464. The van der Waals surface area contributed by atoms with Gasteiger partial charge in [0.2, 0.25) is 5.78 Å². The maximum atomic E-state index is 13.8. The number of hydrogen-bond acceptors (Lipinski definition) is 12. The average molecular weight is 581 g/mol. The quantitative estimate of drug-likeness (QED) is 0.176. The number of Topliss-reactive ketones (excluding diaryl/α,β-unsaturated/α-hetero) is 1. The molecule has 42 heavy (non-hydrogen) atoms. The molecule has 14 heteroatoms. The number of phenols is 2. The van der Waals surface area contributed by atoms with E-state index in [1.165, 1.54) is 19.2 Å². The van der Waals surface area contributed by atoms with Crippen LogP contribution in [0, 0.1) is 0 Å². The fourth-order valence-corrected chi connectivity index (χ4v) is 6.44. The Morgan fingerprint density at radius 1 is 1.14 bits per heavy atom. The molecule has 0 saturated carbocycles. The smallest absolute Gasteiger partial charge is 0.202 e. The van der Waals surface area contributed by atoms with Crippen molar-refractivity contribution in [2.24, 2.45) is 10.8 Å². The predicted octanol–water partition coefficient (Wildman–Crippen LogP) is 2.34. The van der Waals surface area contributed by atoms with E-state index in [9.17, 15) is 24.6 Å². The highest BCUT2D eigenvalue weighted by Gasteiger charge is 2.53. The Labute approximate surface area is 238 Å². The standard InChI is InChI=1S/C28H28N4O10/c1-11-23(31-32-30)14(29)6-18(41-11)42-16-8-28(17(33)9-39-10-40-28)7-13-20(16)27(37)22-21(25(13)35)24(34)12-4-3-5-15(38-2)19(12)26(22)36/h3-5,11,14,16,18,23,35,37H,6-10,29H2,1-2H3/t11-,14-,16-,18-,23?,28-/m0/s1. The Balaban J connectivity index is 1.49. The van der Waals surface area contributed by atoms with Crippen LogP contribution < -0.4 is 10.5 Å². The summed E-state index contributed by atoms with van der Waals surface area (Å²) in [6, 6.07) is 3.22. The van der Waals surface area contributed by atoms with Crippen LogP contribution in [0.1, 0.15) is 68.8 Å². The second-order valence-corrected chi connectivity index (χ2v) is 10.8. The van der Waals surface area contributed by atoms with Crippen LogP contribution in [0.2, 0.25) is 0 Å². The first-order valence-electron chi connectivity index (χ1n) is 13.3. The molecule has 2 heterocycles. The lowest BCUT2D eigenvalue weighted by atomic mass is 9.71. The van der Waals surface area contributed by atoms with Crippen LogP contribution in [0.15, 0.2) is 23.3 Å². The molecule has 2 saturated heterocycles. The highest BCUT2D eigenvalue weighted by Crippen LogP contribution is 2.53. The first-order chi connectivity index (χ1) is 20.1. The summed E-state index contributed by atoms with van der Waals surface area (Å²) >= 11 is 0. The van der Waals surface area contributed by atoms with Gasteiger partial charge >= 0.3 is 0 Å². The van der Waals surface area contributed by atoms with Gasteiger partial charge in [0.15, 0.2) is 17.9 Å². The van der Waals surface area contributed by atoms with E-state index in [4.69, 9.17) is 34.9 Å². The van der Waals surface area contributed by atoms with Crippen LogP contribution in [-0.4, -0.2) is 78.2 Å². The highest BCUT2D eigenvalue weighted by molar-refractivity contribution is 6.31. The molecule has 0 aromatic heterocycles. The second kappa shape index (κ2) is 10.3. The number of methoxy groups -OCH3 is 1. The van der Waals surface area contributed by atoms with Crippen molar-refractivity contribution in [1.82, 2.24) is 0 Å². The van der Waals surface area contributed by atoms with Gasteiger partial charge in [0.05, 0.1) is 42.0 Å². The van der Waals surface area contributed by atoms with Crippen molar-refractivity contribution in [3.05, 3.63) is 62.0 Å². The number of carbonyl (C=O) groups excluding carboxylic acids is 3. The molecule has 0 bridgehead atoms. The van der Waals surface area contributed by atoms with Gasteiger partial charge in [-0.05, 0) is 18.5 Å². The third-order valence-electron chi connectivity index (χ3n) is 8.47. The summed E-state index contributed by atoms with van der Waals surface area (Å²) in [6.07, 6.45) is -2.96. The van der Waals surface area contributed by atoms with E-state index in [1.54, 1.807) is 13.0 Å². The molecule has 4 aliphatic rings. The van der Waals surface area contributed by atoms with Gasteiger partial charge in [-0.3, -0.25) is 14.4 Å². The molecule has 2 aliphatic heterocycles. The molecule has 14 nitrogen and oxygen atoms in total. The molecule has 6 atom stereocenters. The van der Waals surface area contributed by atoms with Crippen molar-refractivity contribution in [1.29, 1.82) is 0 Å². The number of phenolic OH excluding ortho intramolecular Hbond substituents is 2. The van der Waals surface area contributed by atoms with Gasteiger partial charge in [0, 0.05) is 46.9 Å². The number of ether oxygens (including phenoxy) is 5. The lowest BCUT2D eigenvalue weighted by Crippen LogP contribution is -2.54. The molecule has 6 rings (SSSR count). The van der Waals surface area contributed by atoms with E-state index in [0.29, 0.717) is 0 Å². The van der Waals surface area contributed by atoms with E-state index < -0.39 is 70.6 Å². The van der Waals surface area contributed by atoms with E-state index in [2.05, 4.69) is 10.0 Å². The van der Waals surface area contributed by atoms with Crippen molar-refractivity contribution in [3.8, 4) is 17.2 Å². The first kappa shape index (κ1) is 28.1. The SMILES string of the molecule is COc1cccc2c1C(=O)c1c(O)c3c(c(O)c1C2=O)C[C@@]1(C[C@@H]3O[C@H]2C[C@H](N)C(N=[N+]=[N-])[C@H](C)O2)OCOCC1=O. The summed E-state index contributed by atoms with van der Waals surface area (Å²) in [5, 5.41) is 27.0. The number of nitrogens with two attached hydrogens (primary N) is 1. The molecular weight excluding hydrogens is 552 g/mol. The highest BCUT2D eigenvalue weighted by atomic mass is 16.7. The molecule has 2 fully saturated rings. The molecule has 2 aromatic carbocycles. The van der Waals surface area contributed by atoms with Crippen molar-refractivity contribution in [2.75, 3.05) is 20.5 Å². The topological polar surface area (TPSA) is 213 Å². The van der Waals surface area contributed by atoms with Crippen LogP contribution in [0.4, 0.5) is 0 Å². The Bertz CT molecular complexity index is 1560. The van der Waals surface area contributed by atoms with Crippen LogP contribution in [0.3, 0.4) is 0 Å². The minimum Gasteiger partial charge on any atom is -0.507 e. The lowest BCUT2D eigenvalue weighted by Gasteiger charge is -2.45. The zero-order valence-corrected chi connectivity index (χ0v) is 22.7. The van der Waals surface area contributed by atoms with Crippen LogP contribution in [0.5, 0.6) is 17.2 Å². The van der Waals surface area contributed by atoms with Gasteiger partial charge in [0.1, 0.15) is 36.2 Å². The van der Waals surface area contributed by atoms with Crippen LogP contribution >= 0.6 is 0 Å². The summed E-state index contributed by atoms with van der Waals surface area (Å²) in [4.78, 5) is 43.5. The molecule has 2 aromatic rings. The minimum absolute atomic E-state index is 0.00591. The summed E-state index contributed by atoms with van der Waals surface area (Å²) in [6.45, 7) is 1.22. The number of ketones is 3. The molecule has 0 radical (unpaired) electrons. The molecular formula is C28H28N4O10. The molecule has 2 aliphatic carbocycles. The molecule has 220 valence electrons. The van der Waals surface area contributed by atoms with Gasteiger partial charge in [-0.2, -0.15) is 0 Å². The van der Waals surface area contributed by atoms with Gasteiger partial charge in [0.25, 0.3) is 0 Å². The van der Waals surface area contributed by atoms with Crippen molar-refractivity contribution >= 4 is 17.3 Å². The third-order valence-corrected chi connectivity index (χ3v) is 8.47. The monoisotopic (exact) mass is 580 g/mol. The van der Waals surface area contributed by atoms with Crippen LogP contribution in [0.25, 0.3) is 10.4 Å². The largest absolute Gasteiger partial charge is 0.507 e. The number of fused-ring (bicyclic) bond motifs is 3. The number of aromatic hydroxyl groups is 2. The predicted molar refractivity (Wildman–Crippen MR) is 141 cm³/mol. The van der Waals surface area contributed by atoms with Gasteiger partial charge in [-0.15, -0.1) is 0 Å². The number of nitrogens with zero attached hydrogens (tertiary/aromatic N) is 3. The normalized spacial score (nSPS) is 30.3. The van der Waals surface area contributed by atoms with E-state index >= 15 is 0 Å². The van der Waals surface area contributed by atoms with E-state index in [0.717, 1.165) is 0 Å². The summed E-state index contributed by atoms with van der Waals surface area (Å²) in [5.41, 5.74) is 12.9. The zero-order valence-electron chi connectivity index (χ0n) is 22.7. The summed E-state index contributed by atoms with van der Waals surface area (Å²) in [7, 11) is 1.35. The number of hydrogen-bond donors (Lipinski definition) is 3. The number of carbonyl (C=O) groups is 3. The number of benzene rings is 2. The zero-order chi connectivity index (χ0) is 29.9. The lowest BCUT2D eigenvalue weighted by molar-refractivity contribution is -0.242. The van der Waals surface area contributed by atoms with Gasteiger partial charge in [-0.25, -0.2) is 0 Å². The van der Waals surface area contributed by atoms with Crippen molar-refractivity contribution in [2.45, 2.75) is 62.4 Å². The Kier molecular flexibility index (Phi) is 6.92. The maximum absolute atomic E-state index is 13.8. The Hall–Kier alpha value is -4.04. The maximum Gasteiger partial charge on any atom is 0.202 e. The fourth-order valence-electron chi connectivity index (χ4n) is 6.44. The summed E-state index contributed by atoms with van der Waals surface area (Å²) < 4.78 is 28.6. The Morgan fingerprint density at radius 2 is 1.90 bits per heavy atom. The van der Waals surface area contributed by atoms with E-state index in [1.807, 2.05) is 0 Å². The molecule has 1 unspecified atom stereocenters. The van der Waals surface area contributed by atoms with Crippen molar-refractivity contribution < 1.29 is 48.3 Å². The Morgan fingerprint density at radius 3 is 2.60 bits per heavy atom. The first-order valence-corrected chi connectivity index (χ1v) is 13.3. The van der Waals surface area contributed by atoms with Gasteiger partial charge in [-0.1, -0.05) is 17.2 Å². The average Bonchev–Trinajstić information content (AvgIpc) is 2.96. The third kappa shape index (κ3) is 4.15. The van der Waals surface area contributed by atoms with Crippen molar-refractivity contribution in [3.63, 3.8) is 0 Å². The summed E-state index contributed by atoms with van der Waals surface area (Å²) in [5.74, 6) is -2.81. The second-order valence-electron chi connectivity index (χ2n) is 10.8. The molecule has 4 N–H and O–H groups in total. The van der Waals surface area contributed by atoms with Crippen LogP contribution in [-0.2, 0) is 30.2 Å².